The minimum Gasteiger partial charge on any atom is -0.496 e. The van der Waals surface area contributed by atoms with E-state index in [4.69, 9.17) is 16.3 Å². The van der Waals surface area contributed by atoms with Crippen molar-refractivity contribution in [3.63, 3.8) is 0 Å². The van der Waals surface area contributed by atoms with Gasteiger partial charge in [0.2, 0.25) is 0 Å². The number of halogens is 1. The molecular weight excluding hydrogens is 290 g/mol. The highest BCUT2D eigenvalue weighted by Gasteiger charge is 2.10. The molecular formula is C16H12ClNOS. The van der Waals surface area contributed by atoms with Crippen molar-refractivity contribution in [3.8, 4) is 27.6 Å². The highest BCUT2D eigenvalue weighted by Crippen LogP contribution is 2.34. The van der Waals surface area contributed by atoms with Crippen molar-refractivity contribution in [1.29, 1.82) is 0 Å². The monoisotopic (exact) mass is 301 g/mol. The fraction of sp³-hybridized carbons (Fsp3) is 0.0625. The van der Waals surface area contributed by atoms with Crippen molar-refractivity contribution in [2.24, 2.45) is 0 Å². The van der Waals surface area contributed by atoms with Gasteiger partial charge in [0, 0.05) is 21.5 Å². The smallest absolute Gasteiger partial charge is 0.128 e. The van der Waals surface area contributed by atoms with Crippen molar-refractivity contribution in [1.82, 2.24) is 4.98 Å². The van der Waals surface area contributed by atoms with Crippen molar-refractivity contribution in [3.05, 3.63) is 58.9 Å². The summed E-state index contributed by atoms with van der Waals surface area (Å²) in [6.45, 7) is 0. The predicted octanol–water partition coefficient (Wildman–Crippen LogP) is 5.14. The number of methoxy groups -OCH3 is 1. The lowest BCUT2D eigenvalue weighted by Crippen LogP contribution is -1.87. The molecule has 1 aromatic heterocycles. The average molecular weight is 302 g/mol. The van der Waals surface area contributed by atoms with E-state index in [-0.39, 0.29) is 0 Å². The summed E-state index contributed by atoms with van der Waals surface area (Å²) in [6, 6.07) is 15.6. The molecule has 4 heteroatoms. The maximum atomic E-state index is 6.02. The van der Waals surface area contributed by atoms with Gasteiger partial charge < -0.3 is 4.74 Å². The topological polar surface area (TPSA) is 22.1 Å². The first-order chi connectivity index (χ1) is 9.78. The third-order valence-corrected chi connectivity index (χ3v) is 4.09. The molecule has 0 saturated carbocycles. The Kier molecular flexibility index (Phi) is 3.72. The van der Waals surface area contributed by atoms with E-state index in [0.717, 1.165) is 32.6 Å². The number of ether oxygens (including phenoxy) is 1. The van der Waals surface area contributed by atoms with E-state index >= 15 is 0 Å². The number of thiazole rings is 1. The van der Waals surface area contributed by atoms with E-state index in [1.165, 1.54) is 0 Å². The molecule has 100 valence electrons. The molecule has 0 aliphatic heterocycles. The zero-order valence-corrected chi connectivity index (χ0v) is 12.4. The molecule has 0 aliphatic rings. The summed E-state index contributed by atoms with van der Waals surface area (Å²) in [4.78, 5) is 4.68. The third-order valence-electron chi connectivity index (χ3n) is 2.96. The molecule has 3 aromatic rings. The van der Waals surface area contributed by atoms with Gasteiger partial charge in [-0.25, -0.2) is 4.98 Å². The summed E-state index contributed by atoms with van der Waals surface area (Å²) < 4.78 is 5.38. The second kappa shape index (κ2) is 5.65. The van der Waals surface area contributed by atoms with Crippen molar-refractivity contribution >= 4 is 22.9 Å². The predicted molar refractivity (Wildman–Crippen MR) is 84.5 cm³/mol. The van der Waals surface area contributed by atoms with Gasteiger partial charge in [0.15, 0.2) is 0 Å². The van der Waals surface area contributed by atoms with Gasteiger partial charge in [-0.2, -0.15) is 0 Å². The largest absolute Gasteiger partial charge is 0.496 e. The lowest BCUT2D eigenvalue weighted by atomic mass is 10.1. The highest BCUT2D eigenvalue weighted by molar-refractivity contribution is 7.13. The molecule has 0 aliphatic carbocycles. The van der Waals surface area contributed by atoms with Gasteiger partial charge in [0.25, 0.3) is 0 Å². The SMILES string of the molecule is COc1ccccc1-c1csc(-c2cccc(Cl)c2)n1. The van der Waals surface area contributed by atoms with Gasteiger partial charge in [-0.1, -0.05) is 35.9 Å². The Bertz CT molecular complexity index is 739. The van der Waals surface area contributed by atoms with Crippen LogP contribution in [0.15, 0.2) is 53.9 Å². The summed E-state index contributed by atoms with van der Waals surface area (Å²) >= 11 is 7.62. The molecule has 0 unspecified atom stereocenters. The van der Waals surface area contributed by atoms with Gasteiger partial charge >= 0.3 is 0 Å². The number of hydrogen-bond donors (Lipinski definition) is 0. The number of rotatable bonds is 3. The van der Waals surface area contributed by atoms with Crippen LogP contribution in [0.1, 0.15) is 0 Å². The van der Waals surface area contributed by atoms with Crippen LogP contribution >= 0.6 is 22.9 Å². The van der Waals surface area contributed by atoms with Crippen LogP contribution < -0.4 is 4.74 Å². The van der Waals surface area contributed by atoms with E-state index in [2.05, 4.69) is 4.98 Å². The average Bonchev–Trinajstić information content (AvgIpc) is 2.97. The van der Waals surface area contributed by atoms with Crippen LogP contribution in [0.25, 0.3) is 21.8 Å². The van der Waals surface area contributed by atoms with Crippen molar-refractivity contribution in [2.45, 2.75) is 0 Å². The molecule has 0 bridgehead atoms. The Morgan fingerprint density at radius 1 is 1.10 bits per heavy atom. The zero-order valence-electron chi connectivity index (χ0n) is 10.8. The van der Waals surface area contributed by atoms with E-state index in [9.17, 15) is 0 Å². The molecule has 0 atom stereocenters. The molecule has 20 heavy (non-hydrogen) atoms. The Balaban J connectivity index is 2.02. The number of para-hydroxylation sites is 1. The Morgan fingerprint density at radius 2 is 1.95 bits per heavy atom. The maximum absolute atomic E-state index is 6.02. The molecule has 3 rings (SSSR count). The standard InChI is InChI=1S/C16H12ClNOS/c1-19-15-8-3-2-7-13(15)14-10-20-16(18-14)11-5-4-6-12(17)9-11/h2-10H,1H3. The molecule has 0 fully saturated rings. The number of nitrogens with zero attached hydrogens (tertiary/aromatic N) is 1. The quantitative estimate of drug-likeness (QED) is 0.668. The summed E-state index contributed by atoms with van der Waals surface area (Å²) in [5.41, 5.74) is 2.95. The van der Waals surface area contributed by atoms with Gasteiger partial charge in [0.05, 0.1) is 12.8 Å². The molecule has 0 radical (unpaired) electrons. The van der Waals surface area contributed by atoms with Crippen LogP contribution in [-0.2, 0) is 0 Å². The Labute approximate surface area is 126 Å². The summed E-state index contributed by atoms with van der Waals surface area (Å²) in [6.07, 6.45) is 0. The molecule has 0 saturated heterocycles. The zero-order chi connectivity index (χ0) is 13.9. The molecule has 1 heterocycles. The van der Waals surface area contributed by atoms with Crippen LogP contribution in [0.3, 0.4) is 0 Å². The molecule has 2 nitrogen and oxygen atoms in total. The fourth-order valence-corrected chi connectivity index (χ4v) is 3.02. The first-order valence-electron chi connectivity index (χ1n) is 6.13. The molecule has 2 aromatic carbocycles. The number of hydrogen-bond acceptors (Lipinski definition) is 3. The minimum absolute atomic E-state index is 0.719. The molecule has 0 N–H and O–H groups in total. The fourth-order valence-electron chi connectivity index (χ4n) is 2.01. The van der Waals surface area contributed by atoms with E-state index in [1.807, 2.05) is 53.9 Å². The van der Waals surface area contributed by atoms with E-state index < -0.39 is 0 Å². The summed E-state index contributed by atoms with van der Waals surface area (Å²) in [5.74, 6) is 0.829. The summed E-state index contributed by atoms with van der Waals surface area (Å²) in [5, 5.41) is 3.71. The number of benzene rings is 2. The summed E-state index contributed by atoms with van der Waals surface area (Å²) in [7, 11) is 1.67. The molecule has 0 spiro atoms. The minimum atomic E-state index is 0.719. The number of aromatic nitrogens is 1. The highest BCUT2D eigenvalue weighted by atomic mass is 35.5. The van der Waals surface area contributed by atoms with Gasteiger partial charge in [-0.05, 0) is 24.3 Å². The van der Waals surface area contributed by atoms with E-state index in [1.54, 1.807) is 18.4 Å². The van der Waals surface area contributed by atoms with Crippen molar-refractivity contribution in [2.75, 3.05) is 7.11 Å². The van der Waals surface area contributed by atoms with Gasteiger partial charge in [0.1, 0.15) is 10.8 Å². The first-order valence-corrected chi connectivity index (χ1v) is 7.38. The second-order valence-electron chi connectivity index (χ2n) is 4.25. The Morgan fingerprint density at radius 3 is 2.75 bits per heavy atom. The Hall–Kier alpha value is -1.84. The van der Waals surface area contributed by atoms with Crippen LogP contribution in [0, 0.1) is 0 Å². The second-order valence-corrected chi connectivity index (χ2v) is 5.54. The van der Waals surface area contributed by atoms with Gasteiger partial charge in [-0.15, -0.1) is 11.3 Å². The normalized spacial score (nSPS) is 10.5. The van der Waals surface area contributed by atoms with E-state index in [0.29, 0.717) is 0 Å². The lowest BCUT2D eigenvalue weighted by Gasteiger charge is -2.04. The maximum Gasteiger partial charge on any atom is 0.128 e. The van der Waals surface area contributed by atoms with Gasteiger partial charge in [-0.3, -0.25) is 0 Å². The lowest BCUT2D eigenvalue weighted by molar-refractivity contribution is 0.416. The van der Waals surface area contributed by atoms with Crippen LogP contribution in [0.5, 0.6) is 5.75 Å². The molecule has 0 amide bonds. The van der Waals surface area contributed by atoms with Crippen LogP contribution in [-0.4, -0.2) is 12.1 Å². The van der Waals surface area contributed by atoms with Crippen molar-refractivity contribution < 1.29 is 4.74 Å². The van der Waals surface area contributed by atoms with Crippen LogP contribution in [0.4, 0.5) is 0 Å². The first kappa shape index (κ1) is 13.2. The third kappa shape index (κ3) is 2.55. The van der Waals surface area contributed by atoms with Crippen LogP contribution in [0.2, 0.25) is 5.02 Å².